The minimum Gasteiger partial charge on any atom is -0.456 e. The van der Waals surface area contributed by atoms with Crippen LogP contribution in [0.5, 0.6) is 0 Å². The first kappa shape index (κ1) is 30.5. The second-order valence-electron chi connectivity index (χ2n) is 13.3. The van der Waals surface area contributed by atoms with Crippen molar-refractivity contribution in [3.63, 3.8) is 0 Å². The van der Waals surface area contributed by atoms with E-state index in [1.165, 1.54) is 21.5 Å². The van der Waals surface area contributed by atoms with Crippen LogP contribution in [0.3, 0.4) is 0 Å². The monoisotopic (exact) mass is 686 g/mol. The molecule has 0 unspecified atom stereocenters. The van der Waals surface area contributed by atoms with Gasteiger partial charge < -0.3 is 4.42 Å². The molecule has 2 heterocycles. The number of fused-ring (bicyclic) bond motifs is 8. The Bertz CT molecular complexity index is 2970. The highest BCUT2D eigenvalue weighted by molar-refractivity contribution is 6.36. The highest BCUT2D eigenvalue weighted by atomic mass is 35.5. The minimum absolute atomic E-state index is 0.541. The van der Waals surface area contributed by atoms with Gasteiger partial charge in [-0.1, -0.05) is 145 Å². The van der Waals surface area contributed by atoms with E-state index in [1.54, 1.807) is 0 Å². The molecule has 0 atom stereocenters. The number of amidine groups is 1. The molecule has 0 saturated carbocycles. The molecular formula is C48H31ClN2O. The Morgan fingerprint density at radius 2 is 1.19 bits per heavy atom. The predicted molar refractivity (Wildman–Crippen MR) is 220 cm³/mol. The molecule has 4 heteroatoms. The van der Waals surface area contributed by atoms with Crippen molar-refractivity contribution in [3.8, 4) is 11.1 Å². The second-order valence-corrected chi connectivity index (χ2v) is 13.8. The van der Waals surface area contributed by atoms with Crippen LogP contribution < -0.4 is 0 Å². The molecule has 3 nitrogen and oxygen atoms in total. The number of halogens is 1. The van der Waals surface area contributed by atoms with Gasteiger partial charge in [-0.15, -0.1) is 0 Å². The molecule has 0 radical (unpaired) electrons. The van der Waals surface area contributed by atoms with Crippen molar-refractivity contribution in [2.45, 2.75) is 12.8 Å². The SMILES string of the molecule is Clc1cc2oc3ccc4ccccc4c3c2cc1C1=N/C(c2cccc(-c3ccccc3)c2)=C\CCC(c2cc3ccccc3c3ccccc23)=N1. The Labute approximate surface area is 305 Å². The van der Waals surface area contributed by atoms with Crippen molar-refractivity contribution < 1.29 is 4.42 Å². The zero-order valence-corrected chi connectivity index (χ0v) is 28.9. The van der Waals surface area contributed by atoms with Gasteiger partial charge in [0.2, 0.25) is 0 Å². The van der Waals surface area contributed by atoms with Crippen molar-refractivity contribution >= 4 is 83.1 Å². The van der Waals surface area contributed by atoms with Crippen LogP contribution >= 0.6 is 11.6 Å². The zero-order chi connectivity index (χ0) is 34.6. The fraction of sp³-hybridized carbons (Fsp3) is 0.0417. The van der Waals surface area contributed by atoms with Gasteiger partial charge in [-0.05, 0) is 80.6 Å². The van der Waals surface area contributed by atoms with Crippen LogP contribution in [-0.4, -0.2) is 11.5 Å². The Kier molecular flexibility index (Phi) is 7.33. The Hall–Kier alpha value is -6.29. The van der Waals surface area contributed by atoms with Gasteiger partial charge in [-0.3, -0.25) is 0 Å². The van der Waals surface area contributed by atoms with Crippen molar-refractivity contribution in [1.82, 2.24) is 0 Å². The Morgan fingerprint density at radius 1 is 0.481 bits per heavy atom. The second kappa shape index (κ2) is 12.5. The summed E-state index contributed by atoms with van der Waals surface area (Å²) in [5.74, 6) is 0.574. The van der Waals surface area contributed by atoms with E-state index in [-0.39, 0.29) is 0 Å². The molecule has 1 aliphatic heterocycles. The van der Waals surface area contributed by atoms with Crippen molar-refractivity contribution in [2.24, 2.45) is 9.98 Å². The van der Waals surface area contributed by atoms with E-state index in [0.717, 1.165) is 84.8 Å². The summed E-state index contributed by atoms with van der Waals surface area (Å²) in [7, 11) is 0. The number of hydrogen-bond acceptors (Lipinski definition) is 3. The van der Waals surface area contributed by atoms with Crippen LogP contribution in [0.15, 0.2) is 178 Å². The quantitative estimate of drug-likeness (QED) is 0.170. The lowest BCUT2D eigenvalue weighted by Crippen LogP contribution is -2.10. The number of rotatable bonds is 4. The molecule has 10 rings (SSSR count). The third kappa shape index (κ3) is 5.21. The third-order valence-corrected chi connectivity index (χ3v) is 10.5. The average Bonchev–Trinajstić information content (AvgIpc) is 3.55. The van der Waals surface area contributed by atoms with Crippen LogP contribution in [0.2, 0.25) is 5.02 Å². The van der Waals surface area contributed by atoms with Gasteiger partial charge in [0.15, 0.2) is 5.84 Å². The summed E-state index contributed by atoms with van der Waals surface area (Å²) in [6.45, 7) is 0. The van der Waals surface area contributed by atoms with E-state index >= 15 is 0 Å². The molecule has 0 aliphatic carbocycles. The lowest BCUT2D eigenvalue weighted by molar-refractivity contribution is 0.669. The summed E-state index contributed by atoms with van der Waals surface area (Å²) >= 11 is 7.21. The van der Waals surface area contributed by atoms with Crippen molar-refractivity contribution in [1.29, 1.82) is 0 Å². The molecule has 0 fully saturated rings. The lowest BCUT2D eigenvalue weighted by atomic mass is 9.92. The average molecular weight is 687 g/mol. The lowest BCUT2D eigenvalue weighted by Gasteiger charge is -2.17. The Balaban J connectivity index is 1.22. The Morgan fingerprint density at radius 3 is 2.06 bits per heavy atom. The van der Waals surface area contributed by atoms with Crippen LogP contribution in [0.1, 0.15) is 29.5 Å². The summed E-state index contributed by atoms with van der Waals surface area (Å²) in [6, 6.07) is 55.1. The molecule has 1 aliphatic rings. The van der Waals surface area contributed by atoms with Gasteiger partial charge in [-0.25, -0.2) is 9.98 Å². The molecule has 0 spiro atoms. The van der Waals surface area contributed by atoms with Crippen LogP contribution in [0.25, 0.3) is 71.1 Å². The van der Waals surface area contributed by atoms with Gasteiger partial charge in [-0.2, -0.15) is 0 Å². The molecule has 0 bridgehead atoms. The van der Waals surface area contributed by atoms with Crippen molar-refractivity contribution in [2.75, 3.05) is 0 Å². The first-order valence-corrected chi connectivity index (χ1v) is 18.0. The molecule has 0 N–H and O–H groups in total. The topological polar surface area (TPSA) is 37.9 Å². The molecular weight excluding hydrogens is 656 g/mol. The van der Waals surface area contributed by atoms with Gasteiger partial charge in [0.05, 0.1) is 16.4 Å². The number of aliphatic imine (C=N–C) groups is 2. The van der Waals surface area contributed by atoms with E-state index < -0.39 is 0 Å². The predicted octanol–water partition coefficient (Wildman–Crippen LogP) is 13.4. The van der Waals surface area contributed by atoms with Crippen molar-refractivity contribution in [3.05, 3.63) is 186 Å². The smallest absolute Gasteiger partial charge is 0.161 e. The van der Waals surface area contributed by atoms with E-state index in [2.05, 4.69) is 146 Å². The summed E-state index contributed by atoms with van der Waals surface area (Å²) in [6.07, 6.45) is 3.77. The summed E-state index contributed by atoms with van der Waals surface area (Å²) < 4.78 is 6.38. The first-order valence-electron chi connectivity index (χ1n) is 17.6. The fourth-order valence-corrected chi connectivity index (χ4v) is 7.97. The number of furan rings is 1. The largest absolute Gasteiger partial charge is 0.456 e. The van der Waals surface area contributed by atoms with E-state index in [4.69, 9.17) is 26.0 Å². The fourth-order valence-electron chi connectivity index (χ4n) is 7.73. The first-order chi connectivity index (χ1) is 25.7. The third-order valence-electron chi connectivity index (χ3n) is 10.2. The normalized spacial score (nSPS) is 14.7. The molecule has 52 heavy (non-hydrogen) atoms. The molecule has 8 aromatic carbocycles. The van der Waals surface area contributed by atoms with Gasteiger partial charge >= 0.3 is 0 Å². The molecule has 1 aromatic heterocycles. The van der Waals surface area contributed by atoms with E-state index in [9.17, 15) is 0 Å². The maximum Gasteiger partial charge on any atom is 0.161 e. The minimum atomic E-state index is 0.541. The van der Waals surface area contributed by atoms with Gasteiger partial charge in [0, 0.05) is 33.5 Å². The number of hydrogen-bond donors (Lipinski definition) is 0. The maximum absolute atomic E-state index is 7.21. The van der Waals surface area contributed by atoms with Gasteiger partial charge in [0.1, 0.15) is 11.2 Å². The van der Waals surface area contributed by atoms with E-state index in [1.807, 2.05) is 18.2 Å². The number of benzene rings is 8. The highest BCUT2D eigenvalue weighted by Crippen LogP contribution is 2.39. The highest BCUT2D eigenvalue weighted by Gasteiger charge is 2.20. The molecule has 0 amide bonds. The molecule has 246 valence electrons. The molecule has 9 aromatic rings. The van der Waals surface area contributed by atoms with E-state index in [0.29, 0.717) is 10.9 Å². The number of nitrogens with zero attached hydrogens (tertiary/aromatic N) is 2. The van der Waals surface area contributed by atoms with Crippen LogP contribution in [0.4, 0.5) is 0 Å². The van der Waals surface area contributed by atoms with Crippen LogP contribution in [0, 0.1) is 0 Å². The zero-order valence-electron chi connectivity index (χ0n) is 28.2. The van der Waals surface area contributed by atoms with Gasteiger partial charge in [0.25, 0.3) is 0 Å². The van der Waals surface area contributed by atoms with Crippen LogP contribution in [-0.2, 0) is 0 Å². The maximum atomic E-state index is 7.21. The summed E-state index contributed by atoms with van der Waals surface area (Å²) in [5.41, 5.74) is 8.63. The standard InChI is InChI=1S/C48H31ClN2O/c49-42-29-46-41(47-36-19-7-4-14-31(36)24-25-45(47)52-46)28-40(42)48-50-43(34-17-10-16-32(26-34)30-12-2-1-3-13-30)22-11-23-44(51-48)39-27-33-15-5-6-18-35(33)37-20-8-9-21-38(37)39/h1-10,12-22,24-29H,11,23H2/b43-22-,50-48?,51-44?. The number of allylic oxidation sites excluding steroid dienone is 1. The summed E-state index contributed by atoms with van der Waals surface area (Å²) in [5, 5.41) is 9.69. The summed E-state index contributed by atoms with van der Waals surface area (Å²) in [4.78, 5) is 10.9. The molecule has 0 saturated heterocycles.